The van der Waals surface area contributed by atoms with Gasteiger partial charge in [0.15, 0.2) is 0 Å². The average Bonchev–Trinajstić information content (AvgIpc) is 2.46. The third-order valence-electron chi connectivity index (χ3n) is 4.44. The van der Waals surface area contributed by atoms with Crippen LogP contribution in [0, 0.1) is 12.8 Å². The van der Waals surface area contributed by atoms with Gasteiger partial charge in [0.1, 0.15) is 0 Å². The van der Waals surface area contributed by atoms with Gasteiger partial charge in [-0.05, 0) is 37.3 Å². The first kappa shape index (κ1) is 15.0. The fraction of sp³-hybridized carbons (Fsp3) is 0.588. The van der Waals surface area contributed by atoms with Crippen LogP contribution in [0.5, 0.6) is 0 Å². The molecule has 1 N–H and O–H groups in total. The van der Waals surface area contributed by atoms with Crippen LogP contribution < -0.4 is 0 Å². The smallest absolute Gasteiger partial charge is 0.222 e. The Kier molecular flexibility index (Phi) is 5.18. The number of aliphatic hydroxyl groups is 1. The minimum atomic E-state index is -0.236. The Morgan fingerprint density at radius 2 is 2.15 bits per heavy atom. The van der Waals surface area contributed by atoms with Crippen molar-refractivity contribution >= 4 is 5.91 Å². The van der Waals surface area contributed by atoms with Crippen LogP contribution in [0.4, 0.5) is 0 Å². The Hall–Kier alpha value is -1.35. The lowest BCUT2D eigenvalue weighted by Gasteiger charge is -2.36. The van der Waals surface area contributed by atoms with Crippen LogP contribution in [0.2, 0.25) is 0 Å². The minimum Gasteiger partial charge on any atom is -0.393 e. The summed E-state index contributed by atoms with van der Waals surface area (Å²) in [7, 11) is 0. The number of rotatable bonds is 4. The van der Waals surface area contributed by atoms with Gasteiger partial charge in [-0.2, -0.15) is 0 Å². The molecule has 0 saturated carbocycles. The normalized spacial score (nSPS) is 22.9. The Labute approximate surface area is 121 Å². The van der Waals surface area contributed by atoms with Crippen molar-refractivity contribution in [2.24, 2.45) is 5.92 Å². The topological polar surface area (TPSA) is 40.5 Å². The Balaban J connectivity index is 1.88. The van der Waals surface area contributed by atoms with Gasteiger partial charge in [-0.3, -0.25) is 4.79 Å². The van der Waals surface area contributed by atoms with Crippen molar-refractivity contribution < 1.29 is 9.90 Å². The molecule has 0 aliphatic carbocycles. The molecule has 1 saturated heterocycles. The minimum absolute atomic E-state index is 0.221. The number of carbonyl (C=O) groups excluding carboxylic acids is 1. The number of aliphatic hydroxyl groups excluding tert-OH is 1. The second-order valence-electron chi connectivity index (χ2n) is 5.79. The molecular formula is C17H25NO2. The number of benzene rings is 1. The molecule has 0 spiro atoms. The summed E-state index contributed by atoms with van der Waals surface area (Å²) in [5, 5.41) is 9.87. The van der Waals surface area contributed by atoms with E-state index in [1.165, 1.54) is 11.1 Å². The van der Waals surface area contributed by atoms with Crippen molar-refractivity contribution in [2.45, 2.75) is 45.6 Å². The van der Waals surface area contributed by atoms with Crippen LogP contribution in [0.1, 0.15) is 37.3 Å². The van der Waals surface area contributed by atoms with Gasteiger partial charge in [0.05, 0.1) is 6.10 Å². The zero-order valence-corrected chi connectivity index (χ0v) is 12.5. The van der Waals surface area contributed by atoms with Gasteiger partial charge in [0, 0.05) is 25.4 Å². The molecule has 1 aliphatic heterocycles. The van der Waals surface area contributed by atoms with E-state index < -0.39 is 0 Å². The predicted octanol–water partition coefficient (Wildman–Crippen LogP) is 2.55. The molecule has 0 radical (unpaired) electrons. The molecule has 1 aliphatic rings. The van der Waals surface area contributed by atoms with E-state index in [9.17, 15) is 9.90 Å². The standard InChI is InChI=1S/C17H25NO2/c1-3-14-12-18(11-10-16(14)19)17(20)9-8-15-7-5-4-6-13(15)2/h4-7,14,16,19H,3,8-12H2,1-2H3. The summed E-state index contributed by atoms with van der Waals surface area (Å²) in [5.74, 6) is 0.463. The van der Waals surface area contributed by atoms with Gasteiger partial charge in [0.2, 0.25) is 5.91 Å². The molecule has 3 nitrogen and oxygen atoms in total. The summed E-state index contributed by atoms with van der Waals surface area (Å²) in [6.07, 6.45) is 2.79. The van der Waals surface area contributed by atoms with Crippen LogP contribution in [-0.4, -0.2) is 35.1 Å². The monoisotopic (exact) mass is 275 g/mol. The van der Waals surface area contributed by atoms with Crippen molar-refractivity contribution in [3.63, 3.8) is 0 Å². The van der Waals surface area contributed by atoms with Crippen LogP contribution in [-0.2, 0) is 11.2 Å². The van der Waals surface area contributed by atoms with E-state index in [1.54, 1.807) is 0 Å². The highest BCUT2D eigenvalue weighted by Crippen LogP contribution is 2.21. The summed E-state index contributed by atoms with van der Waals surface area (Å²) < 4.78 is 0. The van der Waals surface area contributed by atoms with E-state index in [1.807, 2.05) is 17.0 Å². The number of hydrogen-bond acceptors (Lipinski definition) is 2. The number of nitrogens with zero attached hydrogens (tertiary/aromatic N) is 1. The summed E-state index contributed by atoms with van der Waals surface area (Å²) in [6, 6.07) is 8.23. The van der Waals surface area contributed by atoms with E-state index in [-0.39, 0.29) is 17.9 Å². The van der Waals surface area contributed by atoms with E-state index >= 15 is 0 Å². The fourth-order valence-electron chi connectivity index (χ4n) is 2.94. The molecule has 2 atom stereocenters. The molecule has 110 valence electrons. The molecule has 2 unspecified atom stereocenters. The second kappa shape index (κ2) is 6.89. The Bertz CT molecular complexity index is 458. The largest absolute Gasteiger partial charge is 0.393 e. The first-order valence-electron chi connectivity index (χ1n) is 7.62. The maximum Gasteiger partial charge on any atom is 0.222 e. The van der Waals surface area contributed by atoms with Crippen LogP contribution in [0.25, 0.3) is 0 Å². The molecule has 1 aromatic carbocycles. The quantitative estimate of drug-likeness (QED) is 0.917. The van der Waals surface area contributed by atoms with Crippen molar-refractivity contribution in [3.05, 3.63) is 35.4 Å². The Morgan fingerprint density at radius 3 is 2.85 bits per heavy atom. The third-order valence-corrected chi connectivity index (χ3v) is 4.44. The average molecular weight is 275 g/mol. The lowest BCUT2D eigenvalue weighted by atomic mass is 9.92. The maximum atomic E-state index is 12.3. The van der Waals surface area contributed by atoms with E-state index in [2.05, 4.69) is 26.0 Å². The van der Waals surface area contributed by atoms with Gasteiger partial charge in [-0.25, -0.2) is 0 Å². The van der Waals surface area contributed by atoms with Gasteiger partial charge >= 0.3 is 0 Å². The zero-order valence-electron chi connectivity index (χ0n) is 12.5. The molecule has 3 heteroatoms. The van der Waals surface area contributed by atoms with Crippen molar-refractivity contribution in [1.29, 1.82) is 0 Å². The highest BCUT2D eigenvalue weighted by Gasteiger charge is 2.28. The van der Waals surface area contributed by atoms with Gasteiger partial charge in [0.25, 0.3) is 0 Å². The third kappa shape index (κ3) is 3.60. The number of aryl methyl sites for hydroxylation is 2. The van der Waals surface area contributed by atoms with Gasteiger partial charge in [-0.15, -0.1) is 0 Å². The summed E-state index contributed by atoms with van der Waals surface area (Å²) in [4.78, 5) is 14.2. The fourth-order valence-corrected chi connectivity index (χ4v) is 2.94. The number of piperidine rings is 1. The summed E-state index contributed by atoms with van der Waals surface area (Å²) in [6.45, 7) is 5.58. The predicted molar refractivity (Wildman–Crippen MR) is 80.5 cm³/mol. The lowest BCUT2D eigenvalue weighted by molar-refractivity contribution is -0.135. The molecule has 1 aromatic rings. The Morgan fingerprint density at radius 1 is 1.40 bits per heavy atom. The number of carbonyl (C=O) groups is 1. The number of likely N-dealkylation sites (tertiary alicyclic amines) is 1. The van der Waals surface area contributed by atoms with Gasteiger partial charge in [-0.1, -0.05) is 31.2 Å². The van der Waals surface area contributed by atoms with Gasteiger partial charge < -0.3 is 10.0 Å². The highest BCUT2D eigenvalue weighted by molar-refractivity contribution is 5.76. The van der Waals surface area contributed by atoms with Crippen molar-refractivity contribution in [1.82, 2.24) is 4.90 Å². The van der Waals surface area contributed by atoms with Crippen molar-refractivity contribution in [3.8, 4) is 0 Å². The highest BCUT2D eigenvalue weighted by atomic mass is 16.3. The molecule has 1 heterocycles. The molecule has 0 bridgehead atoms. The summed E-state index contributed by atoms with van der Waals surface area (Å²) in [5.41, 5.74) is 2.51. The van der Waals surface area contributed by atoms with E-state index in [0.717, 1.165) is 12.8 Å². The maximum absolute atomic E-state index is 12.3. The second-order valence-corrected chi connectivity index (χ2v) is 5.79. The zero-order chi connectivity index (χ0) is 14.5. The number of amides is 1. The van der Waals surface area contributed by atoms with Crippen LogP contribution in [0.3, 0.4) is 0 Å². The summed E-state index contributed by atoms with van der Waals surface area (Å²) >= 11 is 0. The first-order chi connectivity index (χ1) is 9.61. The van der Waals surface area contributed by atoms with Crippen LogP contribution in [0.15, 0.2) is 24.3 Å². The van der Waals surface area contributed by atoms with E-state index in [0.29, 0.717) is 25.9 Å². The lowest BCUT2D eigenvalue weighted by Crippen LogP contribution is -2.45. The van der Waals surface area contributed by atoms with Crippen LogP contribution >= 0.6 is 0 Å². The molecule has 1 fully saturated rings. The molecule has 2 rings (SSSR count). The number of hydrogen-bond donors (Lipinski definition) is 1. The SMILES string of the molecule is CCC1CN(C(=O)CCc2ccccc2C)CCC1O. The molecule has 0 aromatic heterocycles. The van der Waals surface area contributed by atoms with Crippen molar-refractivity contribution in [2.75, 3.05) is 13.1 Å². The molecule has 1 amide bonds. The van der Waals surface area contributed by atoms with E-state index in [4.69, 9.17) is 0 Å². The molecular weight excluding hydrogens is 250 g/mol. The first-order valence-corrected chi connectivity index (χ1v) is 7.62. The molecule has 20 heavy (non-hydrogen) atoms.